The van der Waals surface area contributed by atoms with Gasteiger partial charge in [0, 0.05) is 12.1 Å². The highest BCUT2D eigenvalue weighted by molar-refractivity contribution is 5.94. The minimum absolute atomic E-state index is 0.116. The van der Waals surface area contributed by atoms with E-state index in [0.29, 0.717) is 5.56 Å². The number of methoxy groups -OCH3 is 1. The zero-order valence-corrected chi connectivity index (χ0v) is 15.5. The van der Waals surface area contributed by atoms with E-state index in [1.165, 1.54) is 0 Å². The molecule has 26 heavy (non-hydrogen) atoms. The Bertz CT molecular complexity index is 884. The third kappa shape index (κ3) is 3.72. The molecule has 5 nitrogen and oxygen atoms in total. The summed E-state index contributed by atoms with van der Waals surface area (Å²) in [4.78, 5) is 17.3. The molecular weight excluding hydrogens is 326 g/mol. The standard InChI is InChI=1S/C21H25N3O2/c1-4-5-14-24-19-9-7-6-8-18(19)23-20(24)15(2)22-21(25)16-10-12-17(26-3)13-11-16/h6-13,15H,4-5,14H2,1-3H3,(H,22,25). The summed E-state index contributed by atoms with van der Waals surface area (Å²) in [5, 5.41) is 3.06. The normalized spacial score (nSPS) is 12.1. The van der Waals surface area contributed by atoms with E-state index in [1.54, 1.807) is 31.4 Å². The van der Waals surface area contributed by atoms with Gasteiger partial charge in [-0.1, -0.05) is 25.5 Å². The van der Waals surface area contributed by atoms with E-state index in [0.717, 1.165) is 42.0 Å². The van der Waals surface area contributed by atoms with Gasteiger partial charge in [0.1, 0.15) is 11.6 Å². The molecule has 3 aromatic rings. The number of nitrogens with one attached hydrogen (secondary N) is 1. The average Bonchev–Trinajstić information content (AvgIpc) is 3.05. The van der Waals surface area contributed by atoms with Crippen LogP contribution in [0, 0.1) is 0 Å². The van der Waals surface area contributed by atoms with E-state index in [9.17, 15) is 4.79 Å². The van der Waals surface area contributed by atoms with Crippen LogP contribution in [0.15, 0.2) is 48.5 Å². The fraction of sp³-hybridized carbons (Fsp3) is 0.333. The lowest BCUT2D eigenvalue weighted by Crippen LogP contribution is -2.28. The predicted octanol–water partition coefficient (Wildman–Crippen LogP) is 4.34. The number of aryl methyl sites for hydroxylation is 1. The molecule has 1 atom stereocenters. The summed E-state index contributed by atoms with van der Waals surface area (Å²) in [6, 6.07) is 15.0. The van der Waals surface area contributed by atoms with E-state index < -0.39 is 0 Å². The van der Waals surface area contributed by atoms with Crippen molar-refractivity contribution < 1.29 is 9.53 Å². The summed E-state index contributed by atoms with van der Waals surface area (Å²) in [5.74, 6) is 1.51. The maximum Gasteiger partial charge on any atom is 0.251 e. The molecule has 1 heterocycles. The largest absolute Gasteiger partial charge is 0.497 e. The van der Waals surface area contributed by atoms with Crippen LogP contribution in [-0.2, 0) is 6.54 Å². The predicted molar refractivity (Wildman–Crippen MR) is 104 cm³/mol. The van der Waals surface area contributed by atoms with Crippen molar-refractivity contribution in [1.29, 1.82) is 0 Å². The van der Waals surface area contributed by atoms with E-state index in [-0.39, 0.29) is 11.9 Å². The lowest BCUT2D eigenvalue weighted by atomic mass is 10.2. The van der Waals surface area contributed by atoms with Gasteiger partial charge in [-0.25, -0.2) is 4.98 Å². The molecule has 1 aromatic heterocycles. The van der Waals surface area contributed by atoms with Crippen LogP contribution in [0.2, 0.25) is 0 Å². The molecule has 1 unspecified atom stereocenters. The summed E-state index contributed by atoms with van der Waals surface area (Å²) in [6.45, 7) is 5.05. The zero-order valence-electron chi connectivity index (χ0n) is 15.5. The number of imidazole rings is 1. The molecule has 3 rings (SSSR count). The van der Waals surface area contributed by atoms with Crippen molar-refractivity contribution in [3.05, 3.63) is 59.9 Å². The van der Waals surface area contributed by atoms with Gasteiger partial charge in [-0.3, -0.25) is 4.79 Å². The van der Waals surface area contributed by atoms with Gasteiger partial charge in [0.15, 0.2) is 0 Å². The molecule has 0 aliphatic heterocycles. The number of nitrogens with zero attached hydrogens (tertiary/aromatic N) is 2. The van der Waals surface area contributed by atoms with Crippen LogP contribution >= 0.6 is 0 Å². The van der Waals surface area contributed by atoms with Crippen LogP contribution in [-0.4, -0.2) is 22.6 Å². The van der Waals surface area contributed by atoms with E-state index in [2.05, 4.69) is 22.9 Å². The Balaban J connectivity index is 1.84. The number of amides is 1. The maximum absolute atomic E-state index is 12.6. The molecule has 0 bridgehead atoms. The molecule has 0 fully saturated rings. The average molecular weight is 351 g/mol. The number of para-hydroxylation sites is 2. The van der Waals surface area contributed by atoms with Crippen LogP contribution in [0.3, 0.4) is 0 Å². The Morgan fingerprint density at radius 3 is 2.62 bits per heavy atom. The van der Waals surface area contributed by atoms with Crippen molar-refractivity contribution in [1.82, 2.24) is 14.9 Å². The molecule has 0 aliphatic rings. The van der Waals surface area contributed by atoms with Gasteiger partial charge in [0.05, 0.1) is 24.2 Å². The second-order valence-corrected chi connectivity index (χ2v) is 6.39. The lowest BCUT2D eigenvalue weighted by molar-refractivity contribution is 0.0937. The molecule has 0 saturated carbocycles. The van der Waals surface area contributed by atoms with Crippen molar-refractivity contribution in [3.8, 4) is 5.75 Å². The smallest absolute Gasteiger partial charge is 0.251 e. The van der Waals surface area contributed by atoms with Gasteiger partial charge in [-0.15, -0.1) is 0 Å². The minimum Gasteiger partial charge on any atom is -0.497 e. The van der Waals surface area contributed by atoms with Crippen molar-refractivity contribution in [2.24, 2.45) is 0 Å². The number of fused-ring (bicyclic) bond motifs is 1. The topological polar surface area (TPSA) is 56.2 Å². The Kier molecular flexibility index (Phi) is 5.56. The van der Waals surface area contributed by atoms with Crippen LogP contribution < -0.4 is 10.1 Å². The number of carbonyl (C=O) groups is 1. The fourth-order valence-corrected chi connectivity index (χ4v) is 3.06. The summed E-state index contributed by atoms with van der Waals surface area (Å²) < 4.78 is 7.36. The van der Waals surface area contributed by atoms with Gasteiger partial charge < -0.3 is 14.6 Å². The van der Waals surface area contributed by atoms with Crippen LogP contribution in [0.25, 0.3) is 11.0 Å². The van der Waals surface area contributed by atoms with Crippen molar-refractivity contribution in [2.75, 3.05) is 7.11 Å². The summed E-state index contributed by atoms with van der Waals surface area (Å²) >= 11 is 0. The molecule has 0 spiro atoms. The third-order valence-corrected chi connectivity index (χ3v) is 4.51. The molecule has 0 radical (unpaired) electrons. The number of aromatic nitrogens is 2. The van der Waals surface area contributed by atoms with Crippen molar-refractivity contribution >= 4 is 16.9 Å². The summed E-state index contributed by atoms with van der Waals surface area (Å²) in [6.07, 6.45) is 2.19. The van der Waals surface area contributed by atoms with E-state index >= 15 is 0 Å². The highest BCUT2D eigenvalue weighted by Crippen LogP contribution is 2.22. The minimum atomic E-state index is -0.186. The molecule has 0 aliphatic carbocycles. The van der Waals surface area contributed by atoms with Gasteiger partial charge >= 0.3 is 0 Å². The Labute approximate surface area is 154 Å². The highest BCUT2D eigenvalue weighted by atomic mass is 16.5. The number of hydrogen-bond acceptors (Lipinski definition) is 3. The molecule has 1 N–H and O–H groups in total. The van der Waals surface area contributed by atoms with E-state index in [1.807, 2.05) is 25.1 Å². The highest BCUT2D eigenvalue weighted by Gasteiger charge is 2.18. The number of carbonyl (C=O) groups excluding carboxylic acids is 1. The molecule has 5 heteroatoms. The zero-order chi connectivity index (χ0) is 18.5. The van der Waals surface area contributed by atoms with Crippen molar-refractivity contribution in [2.45, 2.75) is 39.3 Å². The Morgan fingerprint density at radius 1 is 1.19 bits per heavy atom. The van der Waals surface area contributed by atoms with Crippen LogP contribution in [0.4, 0.5) is 0 Å². The molecule has 1 amide bonds. The lowest BCUT2D eigenvalue weighted by Gasteiger charge is -2.16. The fourth-order valence-electron chi connectivity index (χ4n) is 3.06. The van der Waals surface area contributed by atoms with E-state index in [4.69, 9.17) is 9.72 Å². The number of rotatable bonds is 7. The molecule has 0 saturated heterocycles. The first-order valence-electron chi connectivity index (χ1n) is 9.04. The monoisotopic (exact) mass is 351 g/mol. The Hall–Kier alpha value is -2.82. The number of unbranched alkanes of at least 4 members (excludes halogenated alkanes) is 1. The number of hydrogen-bond donors (Lipinski definition) is 1. The molecule has 2 aromatic carbocycles. The molecular formula is C21H25N3O2. The number of benzene rings is 2. The van der Waals surface area contributed by atoms with Gasteiger partial charge in [0.25, 0.3) is 5.91 Å². The van der Waals surface area contributed by atoms with Gasteiger partial charge in [0.2, 0.25) is 0 Å². The van der Waals surface area contributed by atoms with Gasteiger partial charge in [-0.05, 0) is 49.7 Å². The van der Waals surface area contributed by atoms with Crippen molar-refractivity contribution in [3.63, 3.8) is 0 Å². The SMILES string of the molecule is CCCCn1c(C(C)NC(=O)c2ccc(OC)cc2)nc2ccccc21. The second-order valence-electron chi connectivity index (χ2n) is 6.39. The van der Waals surface area contributed by atoms with Crippen LogP contribution in [0.5, 0.6) is 5.75 Å². The first-order valence-corrected chi connectivity index (χ1v) is 9.04. The third-order valence-electron chi connectivity index (χ3n) is 4.51. The van der Waals surface area contributed by atoms with Gasteiger partial charge in [-0.2, -0.15) is 0 Å². The first kappa shape index (κ1) is 18.0. The first-order chi connectivity index (χ1) is 12.6. The Morgan fingerprint density at radius 2 is 1.92 bits per heavy atom. The molecule has 136 valence electrons. The summed E-state index contributed by atoms with van der Waals surface area (Å²) in [5.41, 5.74) is 2.68. The second kappa shape index (κ2) is 8.04. The number of ether oxygens (including phenoxy) is 1. The quantitative estimate of drug-likeness (QED) is 0.689. The maximum atomic E-state index is 12.6. The summed E-state index contributed by atoms with van der Waals surface area (Å²) in [7, 11) is 1.61. The van der Waals surface area contributed by atoms with Crippen LogP contribution in [0.1, 0.15) is 48.9 Å².